The van der Waals surface area contributed by atoms with Crippen molar-refractivity contribution in [1.29, 1.82) is 0 Å². The lowest BCUT2D eigenvalue weighted by Gasteiger charge is -2.07. The summed E-state index contributed by atoms with van der Waals surface area (Å²) in [6.45, 7) is 0.193. The van der Waals surface area contributed by atoms with Gasteiger partial charge in [-0.15, -0.1) is 0 Å². The third-order valence-corrected chi connectivity index (χ3v) is 4.54. The van der Waals surface area contributed by atoms with E-state index in [9.17, 15) is 4.79 Å². The van der Waals surface area contributed by atoms with Crippen molar-refractivity contribution in [3.63, 3.8) is 0 Å². The quantitative estimate of drug-likeness (QED) is 0.318. The van der Waals surface area contributed by atoms with Crippen LogP contribution in [0.3, 0.4) is 0 Å². The van der Waals surface area contributed by atoms with Crippen molar-refractivity contribution in [2.24, 2.45) is 0 Å². The van der Waals surface area contributed by atoms with Gasteiger partial charge < -0.3 is 18.6 Å². The Morgan fingerprint density at radius 1 is 0.966 bits per heavy atom. The van der Waals surface area contributed by atoms with E-state index in [2.05, 4.69) is 0 Å². The van der Waals surface area contributed by atoms with Crippen molar-refractivity contribution < 1.29 is 23.4 Å². The molecule has 7 heteroatoms. The fourth-order valence-electron chi connectivity index (χ4n) is 2.55. The van der Waals surface area contributed by atoms with Gasteiger partial charge in [0.2, 0.25) is 0 Å². The van der Waals surface area contributed by atoms with Gasteiger partial charge >= 0.3 is 0 Å². The molecule has 0 spiro atoms. The van der Waals surface area contributed by atoms with Crippen molar-refractivity contribution in [2.45, 2.75) is 6.61 Å². The van der Waals surface area contributed by atoms with Gasteiger partial charge in [0.1, 0.15) is 23.9 Å². The number of methoxy groups -OCH3 is 2. The molecule has 0 atom stereocenters. The number of ketones is 1. The van der Waals surface area contributed by atoms with Gasteiger partial charge in [-0.25, -0.2) is 0 Å². The summed E-state index contributed by atoms with van der Waals surface area (Å²) in [7, 11) is 3.06. The van der Waals surface area contributed by atoms with Gasteiger partial charge in [-0.2, -0.15) is 0 Å². The fourth-order valence-corrected chi connectivity index (χ4v) is 3.01. The third kappa shape index (κ3) is 5.34. The average molecular weight is 433 g/mol. The van der Waals surface area contributed by atoms with Crippen LogP contribution in [0.15, 0.2) is 59.0 Å². The number of ether oxygens (including phenoxy) is 3. The molecule has 0 N–H and O–H groups in total. The van der Waals surface area contributed by atoms with Gasteiger partial charge in [0.25, 0.3) is 0 Å². The molecule has 150 valence electrons. The number of rotatable bonds is 8. The molecule has 0 aliphatic carbocycles. The Morgan fingerprint density at radius 3 is 2.45 bits per heavy atom. The minimum atomic E-state index is -0.187. The Labute approximate surface area is 178 Å². The highest BCUT2D eigenvalue weighted by molar-refractivity contribution is 6.35. The van der Waals surface area contributed by atoms with Crippen LogP contribution >= 0.6 is 23.2 Å². The van der Waals surface area contributed by atoms with E-state index in [1.807, 2.05) is 0 Å². The minimum Gasteiger partial charge on any atom is -0.493 e. The molecule has 0 fully saturated rings. The number of benzene rings is 2. The first-order chi connectivity index (χ1) is 14.0. The molecule has 1 heterocycles. The molecule has 1 aromatic heterocycles. The van der Waals surface area contributed by atoms with E-state index in [4.69, 9.17) is 41.8 Å². The van der Waals surface area contributed by atoms with Gasteiger partial charge in [0.15, 0.2) is 17.3 Å². The summed E-state index contributed by atoms with van der Waals surface area (Å²) in [5, 5.41) is 0.955. The van der Waals surface area contributed by atoms with Gasteiger partial charge in [-0.05, 0) is 60.7 Å². The Kier molecular flexibility index (Phi) is 6.86. The topological polar surface area (TPSA) is 57.9 Å². The van der Waals surface area contributed by atoms with Crippen LogP contribution in [0.5, 0.6) is 17.2 Å². The highest BCUT2D eigenvalue weighted by atomic mass is 35.5. The Hall–Kier alpha value is -2.89. The van der Waals surface area contributed by atoms with Crippen LogP contribution in [-0.4, -0.2) is 20.0 Å². The summed E-state index contributed by atoms with van der Waals surface area (Å²) in [6.07, 6.45) is 3.03. The zero-order chi connectivity index (χ0) is 20.8. The van der Waals surface area contributed by atoms with Gasteiger partial charge in [0.05, 0.1) is 19.2 Å². The minimum absolute atomic E-state index is 0.187. The average Bonchev–Trinajstić information content (AvgIpc) is 3.18. The molecule has 0 saturated heterocycles. The molecule has 0 aliphatic rings. The second kappa shape index (κ2) is 9.54. The highest BCUT2D eigenvalue weighted by Gasteiger charge is 2.09. The van der Waals surface area contributed by atoms with Crippen molar-refractivity contribution in [2.75, 3.05) is 14.2 Å². The van der Waals surface area contributed by atoms with E-state index < -0.39 is 0 Å². The molecule has 0 radical (unpaired) electrons. The largest absolute Gasteiger partial charge is 0.493 e. The number of allylic oxidation sites excluding steroid dienone is 1. The Balaban J connectivity index is 1.63. The molecule has 0 amide bonds. The second-order valence-electron chi connectivity index (χ2n) is 5.93. The lowest BCUT2D eigenvalue weighted by atomic mass is 10.1. The monoisotopic (exact) mass is 432 g/mol. The van der Waals surface area contributed by atoms with E-state index in [0.717, 1.165) is 0 Å². The normalized spacial score (nSPS) is 10.9. The van der Waals surface area contributed by atoms with Crippen molar-refractivity contribution >= 4 is 35.1 Å². The lowest BCUT2D eigenvalue weighted by Crippen LogP contribution is -1.97. The van der Waals surface area contributed by atoms with E-state index in [1.54, 1.807) is 61.7 Å². The molecule has 29 heavy (non-hydrogen) atoms. The predicted molar refractivity (Wildman–Crippen MR) is 112 cm³/mol. The first kappa shape index (κ1) is 20.8. The molecule has 5 nitrogen and oxygen atoms in total. The second-order valence-corrected chi connectivity index (χ2v) is 6.78. The molecule has 0 saturated carbocycles. The number of carbonyl (C=O) groups excluding carboxylic acids is 1. The molecule has 3 rings (SSSR count). The van der Waals surface area contributed by atoms with Gasteiger partial charge in [-0.3, -0.25) is 4.79 Å². The van der Waals surface area contributed by atoms with E-state index in [1.165, 1.54) is 13.2 Å². The van der Waals surface area contributed by atoms with Crippen LogP contribution in [0.1, 0.15) is 21.9 Å². The third-order valence-electron chi connectivity index (χ3n) is 4.01. The smallest absolute Gasteiger partial charge is 0.186 e. The predicted octanol–water partition coefficient (Wildman–Crippen LogP) is 6.08. The SMILES string of the molecule is COc1ccc(C(=O)/C=C/c2ccc(COc3ccc(Cl)cc3Cl)o2)cc1OC. The standard InChI is InChI=1S/C22H18Cl2O5/c1-26-21-9-3-14(11-22(21)27-2)19(25)8-7-16-5-6-17(29-16)13-28-20-10-4-15(23)12-18(20)24/h3-12H,13H2,1-2H3/b8-7+. The summed E-state index contributed by atoms with van der Waals surface area (Å²) in [6, 6.07) is 13.5. The number of hydrogen-bond acceptors (Lipinski definition) is 5. The Bertz CT molecular complexity index is 1040. The number of hydrogen-bond donors (Lipinski definition) is 0. The van der Waals surface area contributed by atoms with Crippen LogP contribution in [0.2, 0.25) is 10.0 Å². The zero-order valence-corrected chi connectivity index (χ0v) is 17.3. The summed E-state index contributed by atoms with van der Waals surface area (Å²) >= 11 is 11.9. The van der Waals surface area contributed by atoms with Crippen molar-refractivity contribution in [1.82, 2.24) is 0 Å². The lowest BCUT2D eigenvalue weighted by molar-refractivity contribution is 0.104. The van der Waals surface area contributed by atoms with Crippen molar-refractivity contribution in [3.8, 4) is 17.2 Å². The molecule has 0 unspecified atom stereocenters. The molecule has 2 aromatic carbocycles. The van der Waals surface area contributed by atoms with Crippen molar-refractivity contribution in [3.05, 3.63) is 81.7 Å². The fraction of sp³-hybridized carbons (Fsp3) is 0.136. The van der Waals surface area contributed by atoms with E-state index in [0.29, 0.717) is 44.4 Å². The van der Waals surface area contributed by atoms with Gasteiger partial charge in [-0.1, -0.05) is 23.2 Å². The first-order valence-corrected chi connectivity index (χ1v) is 9.36. The van der Waals surface area contributed by atoms with Crippen LogP contribution in [-0.2, 0) is 6.61 Å². The highest BCUT2D eigenvalue weighted by Crippen LogP contribution is 2.29. The maximum absolute atomic E-state index is 12.4. The zero-order valence-electron chi connectivity index (χ0n) is 15.8. The summed E-state index contributed by atoms with van der Waals surface area (Å²) < 4.78 is 21.7. The number of carbonyl (C=O) groups is 1. The first-order valence-electron chi connectivity index (χ1n) is 8.61. The molecular weight excluding hydrogens is 415 g/mol. The maximum Gasteiger partial charge on any atom is 0.186 e. The van der Waals surface area contributed by atoms with Crippen LogP contribution < -0.4 is 14.2 Å². The summed E-state index contributed by atoms with van der Waals surface area (Å²) in [4.78, 5) is 12.4. The Morgan fingerprint density at radius 2 is 1.72 bits per heavy atom. The van der Waals surface area contributed by atoms with Crippen LogP contribution in [0, 0.1) is 0 Å². The molecule has 0 aliphatic heterocycles. The summed E-state index contributed by atoms with van der Waals surface area (Å²) in [5.74, 6) is 2.49. The van der Waals surface area contributed by atoms with E-state index >= 15 is 0 Å². The number of halogens is 2. The molecule has 0 bridgehead atoms. The van der Waals surface area contributed by atoms with E-state index in [-0.39, 0.29) is 12.4 Å². The van der Waals surface area contributed by atoms with Crippen LogP contribution in [0.25, 0.3) is 6.08 Å². The maximum atomic E-state index is 12.4. The van der Waals surface area contributed by atoms with Crippen LogP contribution in [0.4, 0.5) is 0 Å². The molecule has 3 aromatic rings. The summed E-state index contributed by atoms with van der Waals surface area (Å²) in [5.41, 5.74) is 0.478. The number of furan rings is 1. The van der Waals surface area contributed by atoms with Gasteiger partial charge in [0, 0.05) is 10.6 Å². The molecular formula is C22H18Cl2O5.